The average Bonchev–Trinajstić information content (AvgIpc) is 2.76. The van der Waals surface area contributed by atoms with Crippen molar-refractivity contribution in [3.05, 3.63) is 36.3 Å². The van der Waals surface area contributed by atoms with E-state index in [2.05, 4.69) is 19.9 Å². The molecule has 0 aliphatic carbocycles. The molecule has 1 aromatic carbocycles. The minimum atomic E-state index is 0.258. The first-order valence-corrected chi connectivity index (χ1v) is 5.20. The Labute approximate surface area is 97.2 Å². The van der Waals surface area contributed by atoms with Gasteiger partial charge in [0.05, 0.1) is 6.20 Å². The molecule has 5 nitrogen and oxygen atoms in total. The smallest absolute Gasteiger partial charge is 0.181 e. The van der Waals surface area contributed by atoms with Crippen LogP contribution in [0.3, 0.4) is 0 Å². The van der Waals surface area contributed by atoms with Crippen LogP contribution in [0.5, 0.6) is 5.75 Å². The third-order valence-corrected chi connectivity index (χ3v) is 2.64. The topological polar surface area (TPSA) is 74.7 Å². The summed E-state index contributed by atoms with van der Waals surface area (Å²) < 4.78 is 0. The van der Waals surface area contributed by atoms with E-state index < -0.39 is 0 Å². The van der Waals surface area contributed by atoms with E-state index in [1.165, 1.54) is 6.33 Å². The first-order valence-electron chi connectivity index (χ1n) is 5.20. The number of H-pyrrole nitrogens is 1. The number of nitrogens with zero attached hydrogens (tertiary/aromatic N) is 3. The van der Waals surface area contributed by atoms with Crippen molar-refractivity contribution in [1.82, 2.24) is 19.9 Å². The van der Waals surface area contributed by atoms with Crippen LogP contribution in [0.1, 0.15) is 5.56 Å². The maximum absolute atomic E-state index is 9.67. The number of aryl methyl sites for hydroxylation is 1. The van der Waals surface area contributed by atoms with Gasteiger partial charge in [-0.25, -0.2) is 15.0 Å². The van der Waals surface area contributed by atoms with Crippen molar-refractivity contribution in [3.8, 4) is 17.1 Å². The molecule has 0 saturated carbocycles. The molecule has 0 atom stereocenters. The Balaban J connectivity index is 2.17. The number of rotatable bonds is 1. The zero-order chi connectivity index (χ0) is 11.8. The lowest BCUT2D eigenvalue weighted by atomic mass is 10.1. The lowest BCUT2D eigenvalue weighted by Crippen LogP contribution is -1.82. The lowest BCUT2D eigenvalue weighted by Gasteiger charge is -2.00. The van der Waals surface area contributed by atoms with E-state index in [1.54, 1.807) is 12.3 Å². The van der Waals surface area contributed by atoms with Gasteiger partial charge in [-0.1, -0.05) is 12.1 Å². The van der Waals surface area contributed by atoms with Crippen LogP contribution in [-0.2, 0) is 0 Å². The van der Waals surface area contributed by atoms with E-state index in [4.69, 9.17) is 0 Å². The molecule has 0 bridgehead atoms. The monoisotopic (exact) mass is 226 g/mol. The second-order valence-electron chi connectivity index (χ2n) is 3.85. The third-order valence-electron chi connectivity index (χ3n) is 2.64. The molecule has 0 aliphatic heterocycles. The van der Waals surface area contributed by atoms with Gasteiger partial charge in [0, 0.05) is 5.56 Å². The number of aromatic nitrogens is 4. The molecule has 5 heteroatoms. The summed E-state index contributed by atoms with van der Waals surface area (Å²) >= 11 is 0. The molecule has 0 fully saturated rings. The highest BCUT2D eigenvalue weighted by Crippen LogP contribution is 2.25. The number of fused-ring (bicyclic) bond motifs is 1. The molecule has 2 N–H and O–H groups in total. The number of hydrogen-bond donors (Lipinski definition) is 2. The maximum atomic E-state index is 9.67. The fourth-order valence-electron chi connectivity index (χ4n) is 1.66. The zero-order valence-electron chi connectivity index (χ0n) is 9.18. The standard InChI is InChI=1S/C12H10N4O/c1-7-2-3-8(4-10(7)17)11-15-9-5-13-6-14-12(9)16-11/h2-6,17H,1H3,(H,13,14,15,16). The van der Waals surface area contributed by atoms with Gasteiger partial charge >= 0.3 is 0 Å². The number of imidazole rings is 1. The molecule has 2 aromatic heterocycles. The van der Waals surface area contributed by atoms with Crippen molar-refractivity contribution < 1.29 is 5.11 Å². The van der Waals surface area contributed by atoms with Gasteiger partial charge in [0.1, 0.15) is 23.4 Å². The number of aromatic amines is 1. The summed E-state index contributed by atoms with van der Waals surface area (Å²) in [5.74, 6) is 0.935. The molecular weight excluding hydrogens is 216 g/mol. The highest BCUT2D eigenvalue weighted by Gasteiger charge is 2.07. The van der Waals surface area contributed by atoms with Crippen molar-refractivity contribution in [2.24, 2.45) is 0 Å². The van der Waals surface area contributed by atoms with Crippen LogP contribution in [-0.4, -0.2) is 25.0 Å². The number of phenols is 1. The van der Waals surface area contributed by atoms with Gasteiger partial charge in [-0.15, -0.1) is 0 Å². The second kappa shape index (κ2) is 3.55. The van der Waals surface area contributed by atoms with Crippen molar-refractivity contribution in [2.45, 2.75) is 6.92 Å². The van der Waals surface area contributed by atoms with E-state index in [1.807, 2.05) is 19.1 Å². The molecule has 0 radical (unpaired) electrons. The number of phenolic OH excluding ortho intramolecular Hbond substituents is 1. The molecule has 17 heavy (non-hydrogen) atoms. The molecule has 0 spiro atoms. The Morgan fingerprint density at radius 2 is 2.18 bits per heavy atom. The van der Waals surface area contributed by atoms with Crippen molar-refractivity contribution in [2.75, 3.05) is 0 Å². The quantitative estimate of drug-likeness (QED) is 0.665. The Hall–Kier alpha value is -2.43. The summed E-state index contributed by atoms with van der Waals surface area (Å²) in [4.78, 5) is 15.4. The Morgan fingerprint density at radius 1 is 1.29 bits per heavy atom. The predicted octanol–water partition coefficient (Wildman–Crippen LogP) is 2.03. The molecule has 0 amide bonds. The molecule has 0 saturated heterocycles. The van der Waals surface area contributed by atoms with Crippen molar-refractivity contribution in [3.63, 3.8) is 0 Å². The lowest BCUT2D eigenvalue weighted by molar-refractivity contribution is 0.471. The van der Waals surface area contributed by atoms with Gasteiger partial charge in [-0.3, -0.25) is 0 Å². The molecular formula is C12H10N4O. The van der Waals surface area contributed by atoms with Crippen LogP contribution < -0.4 is 0 Å². The molecule has 84 valence electrons. The van der Waals surface area contributed by atoms with Crippen LogP contribution in [0.25, 0.3) is 22.6 Å². The minimum Gasteiger partial charge on any atom is -0.508 e. The summed E-state index contributed by atoms with van der Waals surface area (Å²) in [6, 6.07) is 5.43. The Kier molecular flexibility index (Phi) is 2.04. The first kappa shape index (κ1) is 9.77. The van der Waals surface area contributed by atoms with E-state index in [9.17, 15) is 5.11 Å². The highest BCUT2D eigenvalue weighted by atomic mass is 16.3. The SMILES string of the molecule is Cc1ccc(-c2nc3ncncc3[nH]2)cc1O. The minimum absolute atomic E-state index is 0.258. The van der Waals surface area contributed by atoms with Crippen LogP contribution in [0.15, 0.2) is 30.7 Å². The molecule has 2 heterocycles. The van der Waals surface area contributed by atoms with E-state index in [-0.39, 0.29) is 5.75 Å². The average molecular weight is 226 g/mol. The number of aromatic hydroxyl groups is 1. The maximum Gasteiger partial charge on any atom is 0.181 e. The van der Waals surface area contributed by atoms with Crippen molar-refractivity contribution >= 4 is 11.2 Å². The van der Waals surface area contributed by atoms with E-state index in [0.29, 0.717) is 11.5 Å². The summed E-state index contributed by atoms with van der Waals surface area (Å²) in [5, 5.41) is 9.67. The molecule has 3 aromatic rings. The van der Waals surface area contributed by atoms with Gasteiger partial charge in [0.2, 0.25) is 0 Å². The zero-order valence-corrected chi connectivity index (χ0v) is 9.18. The van der Waals surface area contributed by atoms with Gasteiger partial charge in [-0.2, -0.15) is 0 Å². The predicted molar refractivity (Wildman–Crippen MR) is 63.5 cm³/mol. The van der Waals surface area contributed by atoms with Gasteiger partial charge < -0.3 is 10.1 Å². The van der Waals surface area contributed by atoms with Crippen LogP contribution in [0, 0.1) is 6.92 Å². The van der Waals surface area contributed by atoms with Crippen LogP contribution >= 0.6 is 0 Å². The number of benzene rings is 1. The second-order valence-corrected chi connectivity index (χ2v) is 3.85. The summed E-state index contributed by atoms with van der Waals surface area (Å²) in [5.41, 5.74) is 3.06. The Morgan fingerprint density at radius 3 is 2.94 bits per heavy atom. The molecule has 0 aliphatic rings. The van der Waals surface area contributed by atoms with E-state index in [0.717, 1.165) is 16.6 Å². The van der Waals surface area contributed by atoms with Crippen molar-refractivity contribution in [1.29, 1.82) is 0 Å². The van der Waals surface area contributed by atoms with E-state index >= 15 is 0 Å². The largest absolute Gasteiger partial charge is 0.508 e. The number of hydrogen-bond acceptors (Lipinski definition) is 4. The number of nitrogens with one attached hydrogen (secondary N) is 1. The first-order chi connectivity index (χ1) is 8.24. The summed E-state index contributed by atoms with van der Waals surface area (Å²) in [6.07, 6.45) is 3.13. The molecule has 0 unspecified atom stereocenters. The fourth-order valence-corrected chi connectivity index (χ4v) is 1.66. The Bertz CT molecular complexity index is 657. The normalized spacial score (nSPS) is 10.9. The fraction of sp³-hybridized carbons (Fsp3) is 0.0833. The van der Waals surface area contributed by atoms with Crippen LogP contribution in [0.4, 0.5) is 0 Å². The van der Waals surface area contributed by atoms with Gasteiger partial charge in [0.25, 0.3) is 0 Å². The third kappa shape index (κ3) is 1.61. The molecule has 3 rings (SSSR count). The van der Waals surface area contributed by atoms with Crippen LogP contribution in [0.2, 0.25) is 0 Å². The summed E-state index contributed by atoms with van der Waals surface area (Å²) in [6.45, 7) is 1.85. The summed E-state index contributed by atoms with van der Waals surface area (Å²) in [7, 11) is 0. The highest BCUT2D eigenvalue weighted by molar-refractivity contribution is 5.75. The van der Waals surface area contributed by atoms with Gasteiger partial charge in [-0.05, 0) is 18.6 Å². The van der Waals surface area contributed by atoms with Gasteiger partial charge in [0.15, 0.2) is 5.65 Å².